The fourth-order valence-corrected chi connectivity index (χ4v) is 9.87. The Bertz CT molecular complexity index is 2220. The average Bonchev–Trinajstić information content (AvgIpc) is 4.07. The van der Waals surface area contributed by atoms with E-state index in [0.717, 1.165) is 11.1 Å². The third-order valence-electron chi connectivity index (χ3n) is 13.1. The van der Waals surface area contributed by atoms with Crippen LogP contribution in [0.25, 0.3) is 10.8 Å². The van der Waals surface area contributed by atoms with Crippen LogP contribution < -0.4 is 29.7 Å². The van der Waals surface area contributed by atoms with E-state index in [1.165, 1.54) is 4.90 Å². The summed E-state index contributed by atoms with van der Waals surface area (Å²) < 4.78 is 86.5. The maximum absolute atomic E-state index is 15.0. The first-order chi connectivity index (χ1) is 28.6. The van der Waals surface area contributed by atoms with Crippen molar-refractivity contribution < 1.29 is 55.0 Å². The van der Waals surface area contributed by atoms with Crippen molar-refractivity contribution in [3.63, 3.8) is 0 Å². The molecule has 3 N–H and O–H groups in total. The van der Waals surface area contributed by atoms with Crippen molar-refractivity contribution in [2.45, 2.75) is 126 Å². The number of likely N-dealkylation sites (N-methyl/N-ethyl adjacent to an activating group) is 1. The molecular weight excluding hydrogens is 822 g/mol. The van der Waals surface area contributed by atoms with Crippen LogP contribution in [-0.2, 0) is 29.1 Å². The van der Waals surface area contributed by atoms with Gasteiger partial charge in [0.2, 0.25) is 33.3 Å². The number of alkyl halides is 3. The number of pyridine rings is 1. The molecule has 2 saturated carbocycles. The normalized spacial score (nSPS) is 29.7. The van der Waals surface area contributed by atoms with E-state index in [1.54, 1.807) is 32.2 Å². The second-order valence-electron chi connectivity index (χ2n) is 18.1. The summed E-state index contributed by atoms with van der Waals surface area (Å²) in [6, 6.07) is 2.78. The largest absolute Gasteiger partial charge is 0.489 e. The number of nitrogens with zero attached hydrogens (tertiary/aromatic N) is 3. The van der Waals surface area contributed by atoms with Crippen LogP contribution in [0.2, 0.25) is 0 Å². The minimum Gasteiger partial charge on any atom is -0.489 e. The highest BCUT2D eigenvalue weighted by atomic mass is 32.2. The summed E-state index contributed by atoms with van der Waals surface area (Å²) >= 11 is 0. The van der Waals surface area contributed by atoms with Crippen LogP contribution in [0.3, 0.4) is 0 Å². The number of halogens is 3. The molecule has 3 aliphatic heterocycles. The SMILES string of the molecule is CC[C@@H]1C[C@H](C)CC/C=C\C2C[C@@]2(C(=O)NS(=O)(=O)C2(C)CC2)NC(=O)[C@@H]2C[C@@H](Oc3nccc4c5c(ccc34)N(C)CCO5)CN2C(=O)[C@H]1NC(=O)OC(C)(C)C(F)(F)F. The molecule has 7 rings (SSSR count). The van der Waals surface area contributed by atoms with Gasteiger partial charge in [0.05, 0.1) is 23.5 Å². The zero-order chi connectivity index (χ0) is 44.3. The highest BCUT2D eigenvalue weighted by Crippen LogP contribution is 2.48. The molecule has 4 heterocycles. The number of carbonyl (C=O) groups excluding carboxylic acids is 4. The smallest absolute Gasteiger partial charge is 0.427 e. The number of fused-ring (bicyclic) bond motifs is 5. The third kappa shape index (κ3) is 8.67. The zero-order valence-corrected chi connectivity index (χ0v) is 36.1. The Morgan fingerprint density at radius 3 is 2.54 bits per heavy atom. The van der Waals surface area contributed by atoms with Crippen LogP contribution in [0.5, 0.6) is 11.6 Å². The molecule has 0 radical (unpaired) electrons. The Hall–Kier alpha value is -4.81. The predicted molar refractivity (Wildman–Crippen MR) is 218 cm³/mol. The second-order valence-corrected chi connectivity index (χ2v) is 20.3. The molecule has 1 aromatic carbocycles. The Labute approximate surface area is 353 Å². The number of amides is 4. The maximum atomic E-state index is 15.0. The lowest BCUT2D eigenvalue weighted by atomic mass is 9.85. The molecule has 1 aromatic heterocycles. The maximum Gasteiger partial charge on any atom is 0.427 e. The van der Waals surface area contributed by atoms with Gasteiger partial charge in [0, 0.05) is 36.4 Å². The molecule has 7 atom stereocenters. The highest BCUT2D eigenvalue weighted by molar-refractivity contribution is 7.91. The van der Waals surface area contributed by atoms with Gasteiger partial charge in [-0.3, -0.25) is 19.1 Å². The molecule has 2 aliphatic carbocycles. The Balaban J connectivity index is 1.24. The fraction of sp³-hybridized carbons (Fsp3) is 0.643. The monoisotopic (exact) mass is 876 g/mol. The summed E-state index contributed by atoms with van der Waals surface area (Å²) in [6.45, 7) is 7.67. The predicted octanol–water partition coefficient (Wildman–Crippen LogP) is 5.12. The number of aromatic nitrogens is 1. The number of carbonyl (C=O) groups is 4. The van der Waals surface area contributed by atoms with Crippen LogP contribution in [0, 0.1) is 17.8 Å². The van der Waals surface area contributed by atoms with Gasteiger partial charge in [-0.1, -0.05) is 32.4 Å². The lowest BCUT2D eigenvalue weighted by Gasteiger charge is -2.35. The van der Waals surface area contributed by atoms with Crippen LogP contribution in [0.1, 0.15) is 86.0 Å². The van der Waals surface area contributed by atoms with Crippen molar-refractivity contribution >= 4 is 50.3 Å². The van der Waals surface area contributed by atoms with Crippen LogP contribution in [0.4, 0.5) is 23.7 Å². The van der Waals surface area contributed by atoms with Crippen LogP contribution in [-0.4, -0.2) is 109 Å². The van der Waals surface area contributed by atoms with Crippen molar-refractivity contribution in [3.05, 3.63) is 36.5 Å². The lowest BCUT2D eigenvalue weighted by molar-refractivity contribution is -0.244. The fourth-order valence-electron chi connectivity index (χ4n) is 8.56. The number of alkyl carbamates (subject to hydrolysis) is 1. The lowest BCUT2D eigenvalue weighted by Crippen LogP contribution is -2.60. The van der Waals surface area contributed by atoms with E-state index in [9.17, 15) is 40.8 Å². The summed E-state index contributed by atoms with van der Waals surface area (Å²) in [4.78, 5) is 64.7. The number of rotatable bonds is 8. The van der Waals surface area contributed by atoms with Crippen molar-refractivity contribution in [1.82, 2.24) is 25.2 Å². The van der Waals surface area contributed by atoms with Crippen molar-refractivity contribution in [2.75, 3.05) is 31.6 Å². The first-order valence-electron chi connectivity index (χ1n) is 20.9. The Morgan fingerprint density at radius 1 is 1.11 bits per heavy atom. The van der Waals surface area contributed by atoms with Gasteiger partial charge in [-0.2, -0.15) is 13.2 Å². The van der Waals surface area contributed by atoms with Gasteiger partial charge in [0.15, 0.2) is 5.75 Å². The van der Waals surface area contributed by atoms with Crippen molar-refractivity contribution in [1.29, 1.82) is 0 Å². The minimum atomic E-state index is -4.92. The summed E-state index contributed by atoms with van der Waals surface area (Å²) in [5.74, 6) is -2.74. The van der Waals surface area contributed by atoms with Gasteiger partial charge in [0.25, 0.3) is 5.91 Å². The number of anilines is 1. The molecule has 1 saturated heterocycles. The van der Waals surface area contributed by atoms with Gasteiger partial charge in [-0.25, -0.2) is 18.2 Å². The molecule has 61 heavy (non-hydrogen) atoms. The first-order valence-corrected chi connectivity index (χ1v) is 22.4. The minimum absolute atomic E-state index is 0.0340. The van der Waals surface area contributed by atoms with E-state index < -0.39 is 85.9 Å². The second kappa shape index (κ2) is 16.1. The molecule has 0 spiro atoms. The Morgan fingerprint density at radius 2 is 1.85 bits per heavy atom. The van der Waals surface area contributed by atoms with Gasteiger partial charge >= 0.3 is 12.3 Å². The average molecular weight is 877 g/mol. The summed E-state index contributed by atoms with van der Waals surface area (Å²) in [7, 11) is -2.13. The molecule has 1 unspecified atom stereocenters. The molecule has 19 heteroatoms. The number of benzene rings is 1. The standard InChI is InChI=1S/C42H55F3N6O9S/c1-7-25-20-24(2)10-8-9-11-26-22-41(26,37(54)49-61(56,57)40(5)15-16-40)48-34(52)31-21-27(23-51(31)36(53)32(25)47-38(55)60-39(3,4)42(43,44)45)59-35-29-12-13-30-33(28(29)14-17-46-35)58-19-18-50(30)6/h9,11-14,17,24-27,31-32H,7-8,10,15-16,18-23H2,1-6H3,(H,47,55)(H,48,52)(H,49,54)/b11-9-/t24-,25-,26?,27-,31+,32+,41-/m1/s1. The van der Waals surface area contributed by atoms with Gasteiger partial charge in [-0.05, 0) is 89.3 Å². The molecule has 15 nitrogen and oxygen atoms in total. The van der Waals surface area contributed by atoms with E-state index >= 15 is 0 Å². The van der Waals surface area contributed by atoms with E-state index in [0.29, 0.717) is 76.7 Å². The first kappa shape index (κ1) is 44.3. The third-order valence-corrected chi connectivity index (χ3v) is 15.3. The zero-order valence-electron chi connectivity index (χ0n) is 35.3. The molecule has 0 bridgehead atoms. The number of hydrogen-bond acceptors (Lipinski definition) is 11. The van der Waals surface area contributed by atoms with Gasteiger partial charge in [0.1, 0.15) is 30.3 Å². The van der Waals surface area contributed by atoms with E-state index in [1.807, 2.05) is 32.2 Å². The molecular formula is C42H55F3N6O9S. The number of allylic oxidation sites excluding steroid dienone is 1. The number of sulfonamides is 1. The molecule has 5 aliphatic rings. The van der Waals surface area contributed by atoms with Crippen LogP contribution >= 0.6 is 0 Å². The number of nitrogens with one attached hydrogen (secondary N) is 3. The van der Waals surface area contributed by atoms with E-state index in [-0.39, 0.29) is 31.2 Å². The van der Waals surface area contributed by atoms with Gasteiger partial charge < -0.3 is 34.6 Å². The molecule has 2 aromatic rings. The molecule has 3 fully saturated rings. The number of ether oxygens (including phenoxy) is 3. The summed E-state index contributed by atoms with van der Waals surface area (Å²) in [6.07, 6.45) is 0.632. The van der Waals surface area contributed by atoms with Crippen molar-refractivity contribution in [3.8, 4) is 11.6 Å². The van der Waals surface area contributed by atoms with E-state index in [2.05, 4.69) is 25.2 Å². The molecule has 334 valence electrons. The summed E-state index contributed by atoms with van der Waals surface area (Å²) in [5.41, 5.74) is -3.65. The van der Waals surface area contributed by atoms with E-state index in [4.69, 9.17) is 14.2 Å². The van der Waals surface area contributed by atoms with Crippen molar-refractivity contribution in [2.24, 2.45) is 17.8 Å². The van der Waals surface area contributed by atoms with Crippen LogP contribution in [0.15, 0.2) is 36.5 Å². The Kier molecular flexibility index (Phi) is 11.7. The summed E-state index contributed by atoms with van der Waals surface area (Å²) in [5, 5.41) is 6.61. The highest BCUT2D eigenvalue weighted by Gasteiger charge is 2.63. The molecule has 4 amide bonds. The quantitative estimate of drug-likeness (QED) is 0.299. The topological polar surface area (TPSA) is 186 Å². The number of hydrogen-bond donors (Lipinski definition) is 3. The van der Waals surface area contributed by atoms with Gasteiger partial charge in [-0.15, -0.1) is 0 Å².